The van der Waals surface area contributed by atoms with Gasteiger partial charge >= 0.3 is 0 Å². The highest BCUT2D eigenvalue weighted by atomic mass is 16.5. The van der Waals surface area contributed by atoms with E-state index in [-0.39, 0.29) is 0 Å². The summed E-state index contributed by atoms with van der Waals surface area (Å²) >= 11 is 0. The van der Waals surface area contributed by atoms with Gasteiger partial charge in [0, 0.05) is 12.6 Å². The molecule has 0 aromatic rings. The molecule has 0 radical (unpaired) electrons. The van der Waals surface area contributed by atoms with Gasteiger partial charge in [-0.25, -0.2) is 0 Å². The lowest BCUT2D eigenvalue weighted by Crippen LogP contribution is -2.28. The fraction of sp³-hybridized carbons (Fsp3) is 0.636. The van der Waals surface area contributed by atoms with Crippen LogP contribution in [-0.4, -0.2) is 31.6 Å². The van der Waals surface area contributed by atoms with Gasteiger partial charge in [0.1, 0.15) is 18.2 Å². The second-order valence-corrected chi connectivity index (χ2v) is 3.81. The monoisotopic (exact) mass is 205 g/mol. The van der Waals surface area contributed by atoms with Crippen molar-refractivity contribution in [1.29, 1.82) is 5.26 Å². The molecule has 0 amide bonds. The van der Waals surface area contributed by atoms with Crippen LogP contribution >= 0.6 is 0 Å². The fourth-order valence-corrected chi connectivity index (χ4v) is 1.84. The van der Waals surface area contributed by atoms with E-state index in [1.54, 1.807) is 0 Å². The standard InChI is InChI=1S/C11H15N3O/c12-7-9-3-1-6-14-11(9)15-8-10-4-2-5-13-10/h3,10,13H,1-2,4-6,8H2. The Kier molecular flexibility index (Phi) is 3.36. The van der Waals surface area contributed by atoms with Gasteiger partial charge in [-0.2, -0.15) is 5.26 Å². The minimum atomic E-state index is 0.426. The van der Waals surface area contributed by atoms with E-state index in [9.17, 15) is 0 Å². The molecule has 0 bridgehead atoms. The van der Waals surface area contributed by atoms with E-state index in [0.29, 0.717) is 24.1 Å². The molecule has 2 heterocycles. The van der Waals surface area contributed by atoms with Crippen molar-refractivity contribution in [3.8, 4) is 6.07 Å². The summed E-state index contributed by atoms with van der Waals surface area (Å²) < 4.78 is 5.57. The van der Waals surface area contributed by atoms with Crippen molar-refractivity contribution >= 4 is 5.90 Å². The maximum atomic E-state index is 8.86. The Bertz CT molecular complexity index is 321. The minimum Gasteiger partial charge on any atom is -0.475 e. The molecule has 80 valence electrons. The SMILES string of the molecule is N#CC1=CCCN=C1OCC1CCCN1. The normalized spacial score (nSPS) is 25.4. The number of ether oxygens (including phenoxy) is 1. The van der Waals surface area contributed by atoms with Crippen molar-refractivity contribution in [2.45, 2.75) is 25.3 Å². The fourth-order valence-electron chi connectivity index (χ4n) is 1.84. The van der Waals surface area contributed by atoms with Crippen LogP contribution in [0.15, 0.2) is 16.6 Å². The summed E-state index contributed by atoms with van der Waals surface area (Å²) in [6, 6.07) is 2.54. The first-order chi connectivity index (χ1) is 7.40. The van der Waals surface area contributed by atoms with Crippen molar-refractivity contribution in [3.63, 3.8) is 0 Å². The van der Waals surface area contributed by atoms with Gasteiger partial charge in [-0.05, 0) is 25.8 Å². The second kappa shape index (κ2) is 4.94. The van der Waals surface area contributed by atoms with Crippen molar-refractivity contribution in [3.05, 3.63) is 11.6 Å². The topological polar surface area (TPSA) is 57.4 Å². The van der Waals surface area contributed by atoms with Crippen LogP contribution in [0.1, 0.15) is 19.3 Å². The van der Waals surface area contributed by atoms with E-state index in [2.05, 4.69) is 16.4 Å². The molecule has 1 unspecified atom stereocenters. The van der Waals surface area contributed by atoms with E-state index >= 15 is 0 Å². The smallest absolute Gasteiger partial charge is 0.226 e. The summed E-state index contributed by atoms with van der Waals surface area (Å²) in [5.41, 5.74) is 0.583. The average Bonchev–Trinajstić information content (AvgIpc) is 2.79. The molecule has 4 heteroatoms. The minimum absolute atomic E-state index is 0.426. The molecule has 1 fully saturated rings. The Morgan fingerprint density at radius 1 is 1.67 bits per heavy atom. The number of rotatable bonds is 2. The third kappa shape index (κ3) is 2.57. The summed E-state index contributed by atoms with van der Waals surface area (Å²) in [6.07, 6.45) is 5.10. The quantitative estimate of drug-likeness (QED) is 0.732. The summed E-state index contributed by atoms with van der Waals surface area (Å²) in [4.78, 5) is 4.22. The second-order valence-electron chi connectivity index (χ2n) is 3.81. The van der Waals surface area contributed by atoms with Gasteiger partial charge < -0.3 is 10.1 Å². The first-order valence-corrected chi connectivity index (χ1v) is 5.41. The van der Waals surface area contributed by atoms with E-state index in [1.165, 1.54) is 6.42 Å². The zero-order chi connectivity index (χ0) is 10.5. The summed E-state index contributed by atoms with van der Waals surface area (Å²) in [5, 5.41) is 12.2. The molecule has 0 aliphatic carbocycles. The maximum absolute atomic E-state index is 8.86. The van der Waals surface area contributed by atoms with Crippen molar-refractivity contribution in [2.24, 2.45) is 4.99 Å². The lowest BCUT2D eigenvalue weighted by atomic mass is 10.2. The predicted molar refractivity (Wildman–Crippen MR) is 57.6 cm³/mol. The number of hydrogen-bond acceptors (Lipinski definition) is 4. The molecule has 1 saturated heterocycles. The lowest BCUT2D eigenvalue weighted by molar-refractivity contribution is 0.264. The highest BCUT2D eigenvalue weighted by molar-refractivity contribution is 5.97. The number of dihydropyridines is 1. The zero-order valence-corrected chi connectivity index (χ0v) is 8.70. The lowest BCUT2D eigenvalue weighted by Gasteiger charge is -2.15. The van der Waals surface area contributed by atoms with Crippen LogP contribution in [0.2, 0.25) is 0 Å². The Balaban J connectivity index is 1.85. The van der Waals surface area contributed by atoms with Crippen LogP contribution in [0, 0.1) is 11.3 Å². The molecule has 2 aliphatic rings. The molecule has 15 heavy (non-hydrogen) atoms. The third-order valence-electron chi connectivity index (χ3n) is 2.67. The molecule has 1 atom stereocenters. The summed E-state index contributed by atoms with van der Waals surface area (Å²) in [5.74, 6) is 0.525. The molecular formula is C11H15N3O. The highest BCUT2D eigenvalue weighted by Gasteiger charge is 2.17. The van der Waals surface area contributed by atoms with E-state index in [0.717, 1.165) is 25.9 Å². The number of nitriles is 1. The Labute approximate surface area is 89.6 Å². The molecule has 2 rings (SSSR count). The van der Waals surface area contributed by atoms with E-state index in [1.807, 2.05) is 6.08 Å². The van der Waals surface area contributed by atoms with Gasteiger partial charge in [-0.3, -0.25) is 4.99 Å². The molecule has 0 aromatic carbocycles. The Hall–Kier alpha value is -1.34. The van der Waals surface area contributed by atoms with Crippen molar-refractivity contribution in [2.75, 3.05) is 19.7 Å². The molecule has 1 N–H and O–H groups in total. The maximum Gasteiger partial charge on any atom is 0.226 e. The number of aliphatic imine (C=N–C) groups is 1. The molecule has 4 nitrogen and oxygen atoms in total. The largest absolute Gasteiger partial charge is 0.475 e. The molecular weight excluding hydrogens is 190 g/mol. The Morgan fingerprint density at radius 3 is 3.33 bits per heavy atom. The van der Waals surface area contributed by atoms with Gasteiger partial charge in [0.2, 0.25) is 5.90 Å². The van der Waals surface area contributed by atoms with Gasteiger partial charge in [0.05, 0.1) is 0 Å². The predicted octanol–water partition coefficient (Wildman–Crippen LogP) is 1.01. The van der Waals surface area contributed by atoms with Crippen LogP contribution in [0.3, 0.4) is 0 Å². The van der Waals surface area contributed by atoms with Crippen LogP contribution in [0.4, 0.5) is 0 Å². The van der Waals surface area contributed by atoms with Gasteiger partial charge in [-0.1, -0.05) is 6.08 Å². The number of hydrogen-bond donors (Lipinski definition) is 1. The molecule has 0 spiro atoms. The van der Waals surface area contributed by atoms with E-state index < -0.39 is 0 Å². The number of nitrogens with zero attached hydrogens (tertiary/aromatic N) is 2. The zero-order valence-electron chi connectivity index (χ0n) is 8.70. The van der Waals surface area contributed by atoms with Crippen molar-refractivity contribution in [1.82, 2.24) is 5.32 Å². The first-order valence-electron chi connectivity index (χ1n) is 5.41. The summed E-state index contributed by atoms with van der Waals surface area (Å²) in [7, 11) is 0. The van der Waals surface area contributed by atoms with Gasteiger partial charge in [0.15, 0.2) is 0 Å². The van der Waals surface area contributed by atoms with Crippen LogP contribution in [0.25, 0.3) is 0 Å². The van der Waals surface area contributed by atoms with E-state index in [4.69, 9.17) is 10.00 Å². The van der Waals surface area contributed by atoms with Gasteiger partial charge in [-0.15, -0.1) is 0 Å². The number of nitrogens with one attached hydrogen (secondary N) is 1. The first kappa shape index (κ1) is 10.2. The van der Waals surface area contributed by atoms with Gasteiger partial charge in [0.25, 0.3) is 0 Å². The van der Waals surface area contributed by atoms with Crippen LogP contribution in [-0.2, 0) is 4.74 Å². The van der Waals surface area contributed by atoms with Crippen LogP contribution < -0.4 is 5.32 Å². The average molecular weight is 205 g/mol. The highest BCUT2D eigenvalue weighted by Crippen LogP contribution is 2.10. The third-order valence-corrected chi connectivity index (χ3v) is 2.67. The summed E-state index contributed by atoms with van der Waals surface area (Å²) in [6.45, 7) is 2.43. The molecule has 2 aliphatic heterocycles. The molecule has 0 aromatic heterocycles. The van der Waals surface area contributed by atoms with Crippen LogP contribution in [0.5, 0.6) is 0 Å². The Morgan fingerprint density at radius 2 is 2.60 bits per heavy atom. The molecule has 0 saturated carbocycles. The van der Waals surface area contributed by atoms with Crippen molar-refractivity contribution < 1.29 is 4.74 Å².